The number of halogens is 1. The van der Waals surface area contributed by atoms with Crippen molar-refractivity contribution in [1.82, 2.24) is 10.6 Å². The lowest BCUT2D eigenvalue weighted by molar-refractivity contribution is 0.236. The minimum atomic E-state index is -0.125. The largest absolute Gasteiger partial charge is 0.334 e. The maximum atomic E-state index is 12.3. The lowest BCUT2D eigenvalue weighted by Crippen LogP contribution is -2.37. The number of urea groups is 1. The SMILES string of the molecule is CCC(NC(=O)NCc1ccccc1Br)c1ccc2c(c1)CCCC2. The third kappa shape index (κ3) is 4.63. The van der Waals surface area contributed by atoms with Gasteiger partial charge in [-0.3, -0.25) is 0 Å². The Morgan fingerprint density at radius 1 is 1.12 bits per heavy atom. The number of amides is 2. The fourth-order valence-electron chi connectivity index (χ4n) is 3.42. The molecule has 4 heteroatoms. The Kier molecular flexibility index (Phi) is 6.14. The first kappa shape index (κ1) is 18.0. The van der Waals surface area contributed by atoms with Crippen LogP contribution in [0.15, 0.2) is 46.9 Å². The minimum absolute atomic E-state index is 0.0476. The first-order valence-electron chi connectivity index (χ1n) is 9.07. The molecule has 0 fully saturated rings. The number of fused-ring (bicyclic) bond motifs is 1. The van der Waals surface area contributed by atoms with E-state index in [1.165, 1.54) is 36.0 Å². The average molecular weight is 401 g/mol. The number of aryl methyl sites for hydroxylation is 2. The molecule has 1 unspecified atom stereocenters. The zero-order valence-corrected chi connectivity index (χ0v) is 16.2. The summed E-state index contributed by atoms with van der Waals surface area (Å²) in [6.07, 6.45) is 5.79. The average Bonchev–Trinajstić information content (AvgIpc) is 2.65. The number of rotatable bonds is 5. The number of benzene rings is 2. The van der Waals surface area contributed by atoms with Gasteiger partial charge in [0.25, 0.3) is 0 Å². The standard InChI is InChI=1S/C21H25BrN2O/c1-2-20(17-12-11-15-7-3-4-8-16(15)13-17)24-21(25)23-14-18-9-5-6-10-19(18)22/h5-6,9-13,20H,2-4,7-8,14H2,1H3,(H2,23,24,25). The lowest BCUT2D eigenvalue weighted by atomic mass is 9.89. The fraction of sp³-hybridized carbons (Fsp3) is 0.381. The van der Waals surface area contributed by atoms with Gasteiger partial charge in [-0.15, -0.1) is 0 Å². The summed E-state index contributed by atoms with van der Waals surface area (Å²) in [6.45, 7) is 2.62. The number of nitrogens with one attached hydrogen (secondary N) is 2. The van der Waals surface area contributed by atoms with Gasteiger partial charge in [-0.1, -0.05) is 59.3 Å². The molecular weight excluding hydrogens is 376 g/mol. The smallest absolute Gasteiger partial charge is 0.315 e. The van der Waals surface area contributed by atoms with E-state index >= 15 is 0 Å². The molecule has 2 N–H and O–H groups in total. The molecule has 0 bridgehead atoms. The molecule has 2 amide bonds. The van der Waals surface area contributed by atoms with Crippen molar-refractivity contribution in [2.75, 3.05) is 0 Å². The summed E-state index contributed by atoms with van der Waals surface area (Å²) >= 11 is 3.51. The summed E-state index contributed by atoms with van der Waals surface area (Å²) < 4.78 is 1.01. The molecule has 25 heavy (non-hydrogen) atoms. The highest BCUT2D eigenvalue weighted by Gasteiger charge is 2.16. The van der Waals surface area contributed by atoms with Gasteiger partial charge in [-0.25, -0.2) is 4.79 Å². The third-order valence-corrected chi connectivity index (χ3v) is 5.66. The summed E-state index contributed by atoms with van der Waals surface area (Å²) in [7, 11) is 0. The highest BCUT2D eigenvalue weighted by molar-refractivity contribution is 9.10. The Labute approximate surface area is 158 Å². The fourth-order valence-corrected chi connectivity index (χ4v) is 3.84. The van der Waals surface area contributed by atoms with E-state index in [2.05, 4.69) is 51.7 Å². The Balaban J connectivity index is 1.61. The molecule has 0 saturated heterocycles. The van der Waals surface area contributed by atoms with Gasteiger partial charge in [0.05, 0.1) is 6.04 Å². The van der Waals surface area contributed by atoms with Crippen LogP contribution in [0.3, 0.4) is 0 Å². The number of carbonyl (C=O) groups excluding carboxylic acids is 1. The highest BCUT2D eigenvalue weighted by atomic mass is 79.9. The van der Waals surface area contributed by atoms with Gasteiger partial charge < -0.3 is 10.6 Å². The Morgan fingerprint density at radius 2 is 1.88 bits per heavy atom. The summed E-state index contributed by atoms with van der Waals surface area (Å²) in [5.41, 5.74) is 5.21. The molecule has 0 heterocycles. The Bertz CT molecular complexity index is 744. The number of hydrogen-bond acceptors (Lipinski definition) is 1. The predicted molar refractivity (Wildman–Crippen MR) is 106 cm³/mol. The van der Waals surface area contributed by atoms with Crippen molar-refractivity contribution in [3.8, 4) is 0 Å². The van der Waals surface area contributed by atoms with Crippen molar-refractivity contribution in [3.05, 3.63) is 69.2 Å². The van der Waals surface area contributed by atoms with Gasteiger partial charge in [0.1, 0.15) is 0 Å². The van der Waals surface area contributed by atoms with E-state index in [4.69, 9.17) is 0 Å². The zero-order chi connectivity index (χ0) is 17.6. The molecule has 2 aromatic carbocycles. The maximum absolute atomic E-state index is 12.3. The van der Waals surface area contributed by atoms with E-state index in [9.17, 15) is 4.79 Å². The van der Waals surface area contributed by atoms with Crippen LogP contribution in [0.4, 0.5) is 4.79 Å². The van der Waals surface area contributed by atoms with Crippen LogP contribution in [0.1, 0.15) is 54.5 Å². The van der Waals surface area contributed by atoms with E-state index in [-0.39, 0.29) is 12.1 Å². The second-order valence-corrected chi connectivity index (χ2v) is 7.47. The van der Waals surface area contributed by atoms with Crippen LogP contribution in [0.2, 0.25) is 0 Å². The Morgan fingerprint density at radius 3 is 2.64 bits per heavy atom. The summed E-state index contributed by atoms with van der Waals surface area (Å²) in [5.74, 6) is 0. The third-order valence-electron chi connectivity index (χ3n) is 4.89. The van der Waals surface area contributed by atoms with Gasteiger partial charge in [-0.05, 0) is 60.4 Å². The zero-order valence-electron chi connectivity index (χ0n) is 14.6. The molecule has 1 aliphatic carbocycles. The molecule has 0 spiro atoms. The van der Waals surface area contributed by atoms with E-state index in [1.807, 2.05) is 24.3 Å². The van der Waals surface area contributed by atoms with Crippen molar-refractivity contribution in [2.45, 2.75) is 51.6 Å². The monoisotopic (exact) mass is 400 g/mol. The van der Waals surface area contributed by atoms with Crippen molar-refractivity contribution >= 4 is 22.0 Å². The molecule has 1 aliphatic rings. The van der Waals surface area contributed by atoms with Crippen molar-refractivity contribution in [3.63, 3.8) is 0 Å². The molecule has 0 aliphatic heterocycles. The van der Waals surface area contributed by atoms with Gasteiger partial charge in [0.2, 0.25) is 0 Å². The highest BCUT2D eigenvalue weighted by Crippen LogP contribution is 2.26. The molecule has 0 radical (unpaired) electrons. The van der Waals surface area contributed by atoms with E-state index in [0.29, 0.717) is 6.54 Å². The lowest BCUT2D eigenvalue weighted by Gasteiger charge is -2.22. The van der Waals surface area contributed by atoms with Crippen molar-refractivity contribution < 1.29 is 4.79 Å². The van der Waals surface area contributed by atoms with Crippen LogP contribution in [0.5, 0.6) is 0 Å². The molecule has 0 saturated carbocycles. The van der Waals surface area contributed by atoms with Gasteiger partial charge >= 0.3 is 6.03 Å². The minimum Gasteiger partial charge on any atom is -0.334 e. The van der Waals surface area contributed by atoms with E-state index in [1.54, 1.807) is 0 Å². The molecule has 132 valence electrons. The second-order valence-electron chi connectivity index (χ2n) is 6.61. The summed E-state index contributed by atoms with van der Waals surface area (Å²) in [4.78, 5) is 12.3. The summed E-state index contributed by atoms with van der Waals surface area (Å²) in [6, 6.07) is 14.6. The number of carbonyl (C=O) groups is 1. The van der Waals surface area contributed by atoms with Crippen LogP contribution in [-0.2, 0) is 19.4 Å². The predicted octanol–water partition coefficient (Wildman–Crippen LogP) is 5.28. The quantitative estimate of drug-likeness (QED) is 0.703. The number of hydrogen-bond donors (Lipinski definition) is 2. The van der Waals surface area contributed by atoms with Crippen molar-refractivity contribution in [1.29, 1.82) is 0 Å². The molecule has 1 atom stereocenters. The van der Waals surface area contributed by atoms with Crippen LogP contribution < -0.4 is 10.6 Å². The van der Waals surface area contributed by atoms with Crippen LogP contribution in [0, 0.1) is 0 Å². The first-order chi connectivity index (χ1) is 12.2. The van der Waals surface area contributed by atoms with Crippen molar-refractivity contribution in [2.24, 2.45) is 0 Å². The van der Waals surface area contributed by atoms with E-state index in [0.717, 1.165) is 22.9 Å². The second kappa shape index (κ2) is 8.52. The van der Waals surface area contributed by atoms with Crippen LogP contribution in [-0.4, -0.2) is 6.03 Å². The van der Waals surface area contributed by atoms with Gasteiger partial charge in [-0.2, -0.15) is 0 Å². The molecule has 2 aromatic rings. The normalized spacial score (nSPS) is 14.5. The van der Waals surface area contributed by atoms with Crippen LogP contribution in [0.25, 0.3) is 0 Å². The first-order valence-corrected chi connectivity index (χ1v) is 9.86. The Hall–Kier alpha value is -1.81. The molecule has 3 rings (SSSR count). The molecule has 3 nitrogen and oxygen atoms in total. The van der Waals surface area contributed by atoms with Gasteiger partial charge in [0.15, 0.2) is 0 Å². The van der Waals surface area contributed by atoms with Gasteiger partial charge in [0, 0.05) is 11.0 Å². The van der Waals surface area contributed by atoms with E-state index < -0.39 is 0 Å². The molecular formula is C21H25BrN2O. The maximum Gasteiger partial charge on any atom is 0.315 e. The summed E-state index contributed by atoms with van der Waals surface area (Å²) in [5, 5.41) is 6.07. The topological polar surface area (TPSA) is 41.1 Å². The van der Waals surface area contributed by atoms with Crippen LogP contribution >= 0.6 is 15.9 Å². The molecule has 0 aromatic heterocycles.